The van der Waals surface area contributed by atoms with Gasteiger partial charge in [-0.05, 0) is 47.7 Å². The molecule has 6 rings (SSSR count). The minimum atomic E-state index is -4.80. The number of nitrogens with zero attached hydrogens (tertiary/aromatic N) is 3. The number of pyridine rings is 1. The van der Waals surface area contributed by atoms with Crippen molar-refractivity contribution in [1.82, 2.24) is 19.8 Å². The number of ether oxygens (including phenoxy) is 1. The van der Waals surface area contributed by atoms with Gasteiger partial charge in [0.2, 0.25) is 5.91 Å². The Bertz CT molecular complexity index is 1730. The highest BCUT2D eigenvalue weighted by atomic mass is 19.4. The Balaban J connectivity index is 1.11. The average molecular weight is 619 g/mol. The molecule has 2 bridgehead atoms. The molecule has 2 saturated heterocycles. The third kappa shape index (κ3) is 6.29. The highest BCUT2D eigenvalue weighted by molar-refractivity contribution is 6.01. The number of halogens is 3. The predicted molar refractivity (Wildman–Crippen MR) is 161 cm³/mol. The Labute approximate surface area is 258 Å². The quantitative estimate of drug-likeness (QED) is 0.239. The molecule has 45 heavy (non-hydrogen) atoms. The lowest BCUT2D eigenvalue weighted by Crippen LogP contribution is -2.53. The topological polar surface area (TPSA) is 95.6 Å². The normalized spacial score (nSPS) is 18.8. The van der Waals surface area contributed by atoms with Crippen molar-refractivity contribution in [3.05, 3.63) is 84.3 Å². The largest absolute Gasteiger partial charge is 0.573 e. The second-order valence-electron chi connectivity index (χ2n) is 12.8. The number of para-hydroxylation sites is 1. The van der Waals surface area contributed by atoms with Gasteiger partial charge in [0.1, 0.15) is 11.4 Å². The van der Waals surface area contributed by atoms with Crippen molar-refractivity contribution < 1.29 is 32.3 Å². The van der Waals surface area contributed by atoms with Gasteiger partial charge in [-0.25, -0.2) is 0 Å². The average Bonchev–Trinajstić information content (AvgIpc) is 3.72. The van der Waals surface area contributed by atoms with Crippen LogP contribution >= 0.6 is 0 Å². The number of H-pyrrole nitrogens is 1. The summed E-state index contributed by atoms with van der Waals surface area (Å²) in [7, 11) is 0. The number of hydrogen-bond acceptors (Lipinski definition) is 5. The molecule has 2 amide bonds. The van der Waals surface area contributed by atoms with Crippen molar-refractivity contribution in [2.45, 2.75) is 52.1 Å². The molecule has 234 valence electrons. The van der Waals surface area contributed by atoms with Crippen molar-refractivity contribution in [3.63, 3.8) is 0 Å². The maximum atomic E-state index is 13.9. The van der Waals surface area contributed by atoms with Crippen LogP contribution in [0.15, 0.2) is 72.9 Å². The van der Waals surface area contributed by atoms with Gasteiger partial charge in [-0.3, -0.25) is 19.4 Å². The molecule has 1 N–H and O–H groups in total. The van der Waals surface area contributed by atoms with E-state index in [9.17, 15) is 27.6 Å². The first-order chi connectivity index (χ1) is 21.3. The zero-order valence-electron chi connectivity index (χ0n) is 25.1. The van der Waals surface area contributed by atoms with E-state index in [2.05, 4.69) is 14.7 Å². The van der Waals surface area contributed by atoms with E-state index in [1.165, 1.54) is 24.4 Å². The number of hydrogen-bond donors (Lipinski definition) is 1. The summed E-state index contributed by atoms with van der Waals surface area (Å²) in [5, 5.41) is 0.940. The summed E-state index contributed by atoms with van der Waals surface area (Å²) >= 11 is 0. The van der Waals surface area contributed by atoms with Crippen LogP contribution < -0.4 is 4.74 Å². The molecule has 0 spiro atoms. The lowest BCUT2D eigenvalue weighted by Gasteiger charge is -2.39. The smallest absolute Gasteiger partial charge is 0.406 e. The first-order valence-electron chi connectivity index (χ1n) is 14.8. The number of ketones is 1. The van der Waals surface area contributed by atoms with Crippen LogP contribution in [0.25, 0.3) is 22.0 Å². The van der Waals surface area contributed by atoms with E-state index in [0.717, 1.165) is 10.9 Å². The van der Waals surface area contributed by atoms with Gasteiger partial charge in [0, 0.05) is 42.2 Å². The van der Waals surface area contributed by atoms with Crippen molar-refractivity contribution in [2.75, 3.05) is 13.1 Å². The van der Waals surface area contributed by atoms with E-state index < -0.39 is 17.7 Å². The van der Waals surface area contributed by atoms with Crippen LogP contribution in [-0.2, 0) is 4.79 Å². The van der Waals surface area contributed by atoms with E-state index in [4.69, 9.17) is 0 Å². The molecule has 11 heteroatoms. The molecule has 2 aliphatic heterocycles. The van der Waals surface area contributed by atoms with E-state index >= 15 is 0 Å². The number of aromatic amines is 1. The SMILES string of the molecule is CC(C)(C)[C@H](CC(=O)c1cc2ccccc2[nH]1)C(=O)N1C[C@@H]2C[C@H]1CN2C(=O)c1ccc(-c2cccc(OC(F)(F)F)c2)cn1. The molecule has 2 fully saturated rings. The molecule has 2 aromatic heterocycles. The first-order valence-corrected chi connectivity index (χ1v) is 14.8. The third-order valence-electron chi connectivity index (χ3n) is 8.73. The predicted octanol–water partition coefficient (Wildman–Crippen LogP) is 6.49. The van der Waals surface area contributed by atoms with Crippen LogP contribution in [0.3, 0.4) is 0 Å². The second-order valence-corrected chi connectivity index (χ2v) is 12.8. The van der Waals surface area contributed by atoms with Gasteiger partial charge < -0.3 is 19.5 Å². The Morgan fingerprint density at radius 1 is 0.933 bits per heavy atom. The highest BCUT2D eigenvalue weighted by Crippen LogP contribution is 2.38. The number of carbonyl (C=O) groups excluding carboxylic acids is 3. The molecule has 8 nitrogen and oxygen atoms in total. The molecule has 4 aromatic rings. The van der Waals surface area contributed by atoms with E-state index in [-0.39, 0.29) is 47.5 Å². The maximum Gasteiger partial charge on any atom is 0.573 e. The molecule has 0 unspecified atom stereocenters. The van der Waals surface area contributed by atoms with Crippen molar-refractivity contribution in [3.8, 4) is 16.9 Å². The minimum Gasteiger partial charge on any atom is -0.406 e. The van der Waals surface area contributed by atoms with Gasteiger partial charge >= 0.3 is 6.36 Å². The number of amides is 2. The van der Waals surface area contributed by atoms with Crippen LogP contribution in [0.5, 0.6) is 5.75 Å². The van der Waals surface area contributed by atoms with Crippen LogP contribution in [0.4, 0.5) is 13.2 Å². The molecular weight excluding hydrogens is 585 g/mol. The van der Waals surface area contributed by atoms with Crippen molar-refractivity contribution in [2.24, 2.45) is 11.3 Å². The van der Waals surface area contributed by atoms with E-state index in [1.54, 1.807) is 23.1 Å². The Morgan fingerprint density at radius 3 is 2.31 bits per heavy atom. The number of piperazine rings is 1. The number of rotatable bonds is 7. The standard InChI is InChI=1S/C34H33F3N4O4/c1-33(2,3)26(16-30(42)29-14-21-7-4-5-10-27(21)39-29)31(43)40-18-24-15-23(40)19-41(24)32(44)28-12-11-22(17-38-28)20-8-6-9-25(13-20)45-34(35,36)37/h4-14,17,23-24,26,39H,15-16,18-19H2,1-3H3/t23-,24-,26+/m0/s1. The molecule has 0 aliphatic carbocycles. The fourth-order valence-electron chi connectivity index (χ4n) is 6.38. The summed E-state index contributed by atoms with van der Waals surface area (Å²) in [5.41, 5.74) is 2.11. The Kier molecular flexibility index (Phi) is 7.66. The Hall–Kier alpha value is -4.67. The number of carbonyl (C=O) groups is 3. The van der Waals surface area contributed by atoms with Crippen LogP contribution in [0, 0.1) is 11.3 Å². The van der Waals surface area contributed by atoms with E-state index in [0.29, 0.717) is 36.3 Å². The number of Topliss-reactive ketones (excluding diaryl/α,β-unsaturated/α-hetero) is 1. The van der Waals surface area contributed by atoms with Gasteiger partial charge in [0.05, 0.1) is 23.7 Å². The van der Waals surface area contributed by atoms with Crippen LogP contribution in [-0.4, -0.2) is 68.9 Å². The molecule has 2 aromatic carbocycles. The molecule has 0 saturated carbocycles. The molecule has 0 radical (unpaired) electrons. The number of nitrogens with one attached hydrogen (secondary N) is 1. The van der Waals surface area contributed by atoms with Gasteiger partial charge in [-0.15, -0.1) is 13.2 Å². The summed E-state index contributed by atoms with van der Waals surface area (Å²) in [5.74, 6) is -1.34. The summed E-state index contributed by atoms with van der Waals surface area (Å²) in [6, 6.07) is 17.9. The zero-order valence-corrected chi connectivity index (χ0v) is 25.1. The number of aromatic nitrogens is 2. The van der Waals surface area contributed by atoms with Gasteiger partial charge in [0.25, 0.3) is 5.91 Å². The Morgan fingerprint density at radius 2 is 1.67 bits per heavy atom. The van der Waals surface area contributed by atoms with Gasteiger partial charge in [-0.1, -0.05) is 57.2 Å². The summed E-state index contributed by atoms with van der Waals surface area (Å²) in [4.78, 5) is 51.7. The molecule has 4 heterocycles. The van der Waals surface area contributed by atoms with Gasteiger partial charge in [0.15, 0.2) is 5.78 Å². The third-order valence-corrected chi connectivity index (χ3v) is 8.73. The molecule has 2 aliphatic rings. The lowest BCUT2D eigenvalue weighted by atomic mass is 9.76. The van der Waals surface area contributed by atoms with Gasteiger partial charge in [-0.2, -0.15) is 0 Å². The summed E-state index contributed by atoms with van der Waals surface area (Å²) in [6.45, 7) is 6.64. The second kappa shape index (κ2) is 11.4. The maximum absolute atomic E-state index is 13.9. The zero-order chi connectivity index (χ0) is 32.1. The first kappa shape index (κ1) is 30.4. The highest BCUT2D eigenvalue weighted by Gasteiger charge is 2.50. The lowest BCUT2D eigenvalue weighted by molar-refractivity contribution is -0.274. The summed E-state index contributed by atoms with van der Waals surface area (Å²) < 4.78 is 41.9. The van der Waals surface area contributed by atoms with E-state index in [1.807, 2.05) is 56.0 Å². The molecular formula is C34H33F3N4O4. The number of fused-ring (bicyclic) bond motifs is 3. The van der Waals surface area contributed by atoms with Crippen LogP contribution in [0.2, 0.25) is 0 Å². The molecule has 3 atom stereocenters. The fourth-order valence-corrected chi connectivity index (χ4v) is 6.38. The summed E-state index contributed by atoms with van der Waals surface area (Å²) in [6.07, 6.45) is -2.63. The van der Waals surface area contributed by atoms with Crippen LogP contribution in [0.1, 0.15) is 54.6 Å². The number of likely N-dealkylation sites (tertiary alicyclic amines) is 2. The number of alkyl halides is 3. The minimum absolute atomic E-state index is 0.0766. The van der Waals surface area contributed by atoms with Crippen molar-refractivity contribution in [1.29, 1.82) is 0 Å². The monoisotopic (exact) mass is 618 g/mol. The number of benzene rings is 2. The van der Waals surface area contributed by atoms with Crippen molar-refractivity contribution >= 4 is 28.5 Å². The fraction of sp³-hybridized carbons (Fsp3) is 0.353.